The van der Waals surface area contributed by atoms with Crippen LogP contribution >= 0.6 is 0 Å². The first kappa shape index (κ1) is 17.4. The summed E-state index contributed by atoms with van der Waals surface area (Å²) in [5, 5.41) is 3.07. The van der Waals surface area contributed by atoms with Crippen molar-refractivity contribution in [3.8, 4) is 11.5 Å². The molecular formula is C16H25N3O4. The predicted molar refractivity (Wildman–Crippen MR) is 87.8 cm³/mol. The Labute approximate surface area is 136 Å². The summed E-state index contributed by atoms with van der Waals surface area (Å²) >= 11 is 0. The van der Waals surface area contributed by atoms with Gasteiger partial charge in [0.25, 0.3) is 0 Å². The molecule has 7 heteroatoms. The maximum absolute atomic E-state index is 5.88. The minimum Gasteiger partial charge on any atom is -0.493 e. The van der Waals surface area contributed by atoms with Crippen molar-refractivity contribution in [2.45, 2.75) is 25.7 Å². The van der Waals surface area contributed by atoms with E-state index in [4.69, 9.17) is 24.7 Å². The van der Waals surface area contributed by atoms with Crippen LogP contribution in [0, 0.1) is 0 Å². The molecule has 1 saturated heterocycles. The zero-order chi connectivity index (χ0) is 16.7. The number of ether oxygens (including phenoxy) is 4. The standard InChI is InChI=1S/C16H25N3O4/c1-16(22-8-9-23-16)6-7-18-15(17)19-11-12-4-5-13(20-2)14(10-12)21-3/h4-5,10H,6-9,11H2,1-3H3,(H3,17,18,19). The molecule has 1 fully saturated rings. The van der Waals surface area contributed by atoms with Crippen molar-refractivity contribution < 1.29 is 18.9 Å². The van der Waals surface area contributed by atoms with Crippen molar-refractivity contribution in [2.24, 2.45) is 10.7 Å². The van der Waals surface area contributed by atoms with Crippen molar-refractivity contribution in [1.29, 1.82) is 0 Å². The fourth-order valence-electron chi connectivity index (χ4n) is 2.33. The SMILES string of the molecule is COc1ccc(CN=C(N)NCCC2(C)OCCO2)cc1OC. The highest BCUT2D eigenvalue weighted by atomic mass is 16.7. The molecule has 23 heavy (non-hydrogen) atoms. The lowest BCUT2D eigenvalue weighted by Crippen LogP contribution is -2.37. The van der Waals surface area contributed by atoms with E-state index in [1.165, 1.54) is 0 Å². The van der Waals surface area contributed by atoms with Gasteiger partial charge in [0.15, 0.2) is 23.2 Å². The molecular weight excluding hydrogens is 298 g/mol. The van der Waals surface area contributed by atoms with E-state index in [-0.39, 0.29) is 0 Å². The maximum atomic E-state index is 5.88. The van der Waals surface area contributed by atoms with Crippen LogP contribution < -0.4 is 20.5 Å². The number of aliphatic imine (C=N–C) groups is 1. The summed E-state index contributed by atoms with van der Waals surface area (Å²) in [6.07, 6.45) is 0.708. The third-order valence-corrected chi connectivity index (χ3v) is 3.66. The normalized spacial score (nSPS) is 17.1. The quantitative estimate of drug-likeness (QED) is 0.580. The van der Waals surface area contributed by atoms with Gasteiger partial charge in [-0.2, -0.15) is 0 Å². The van der Waals surface area contributed by atoms with E-state index in [1.54, 1.807) is 14.2 Å². The molecule has 0 bridgehead atoms. The molecule has 0 aliphatic carbocycles. The molecule has 1 aromatic carbocycles. The second-order valence-corrected chi connectivity index (χ2v) is 5.40. The zero-order valence-corrected chi connectivity index (χ0v) is 13.9. The van der Waals surface area contributed by atoms with E-state index in [1.807, 2.05) is 25.1 Å². The Kier molecular flexibility index (Phi) is 6.06. The van der Waals surface area contributed by atoms with E-state index in [9.17, 15) is 0 Å². The number of nitrogens with two attached hydrogens (primary N) is 1. The van der Waals surface area contributed by atoms with Crippen molar-refractivity contribution in [1.82, 2.24) is 5.32 Å². The fraction of sp³-hybridized carbons (Fsp3) is 0.562. The van der Waals surface area contributed by atoms with Gasteiger partial charge in [-0.25, -0.2) is 4.99 Å². The van der Waals surface area contributed by atoms with Gasteiger partial charge in [0.2, 0.25) is 0 Å². The molecule has 128 valence electrons. The first-order valence-electron chi connectivity index (χ1n) is 7.59. The third-order valence-electron chi connectivity index (χ3n) is 3.66. The molecule has 0 radical (unpaired) electrons. The number of benzene rings is 1. The molecule has 0 aromatic heterocycles. The van der Waals surface area contributed by atoms with Crippen LogP contribution in [0.15, 0.2) is 23.2 Å². The second-order valence-electron chi connectivity index (χ2n) is 5.40. The van der Waals surface area contributed by atoms with Crippen LogP contribution in [0.2, 0.25) is 0 Å². The Bertz CT molecular complexity index is 542. The molecule has 2 rings (SSSR count). The van der Waals surface area contributed by atoms with Gasteiger partial charge in [0.1, 0.15) is 0 Å². The van der Waals surface area contributed by atoms with E-state index in [0.717, 1.165) is 5.56 Å². The summed E-state index contributed by atoms with van der Waals surface area (Å²) in [6.45, 7) is 4.30. The zero-order valence-electron chi connectivity index (χ0n) is 13.9. The maximum Gasteiger partial charge on any atom is 0.188 e. The minimum absolute atomic E-state index is 0.390. The van der Waals surface area contributed by atoms with Crippen LogP contribution in [0.3, 0.4) is 0 Å². The molecule has 1 aliphatic heterocycles. The van der Waals surface area contributed by atoms with Gasteiger partial charge in [-0.05, 0) is 24.6 Å². The average molecular weight is 323 g/mol. The fourth-order valence-corrected chi connectivity index (χ4v) is 2.33. The molecule has 0 unspecified atom stereocenters. The molecule has 1 aliphatic rings. The van der Waals surface area contributed by atoms with E-state index >= 15 is 0 Å². The number of nitrogens with zero attached hydrogens (tertiary/aromatic N) is 1. The van der Waals surface area contributed by atoms with Gasteiger partial charge in [-0.3, -0.25) is 0 Å². The first-order chi connectivity index (χ1) is 11.1. The van der Waals surface area contributed by atoms with Gasteiger partial charge in [-0.1, -0.05) is 6.07 Å². The summed E-state index contributed by atoms with van der Waals surface area (Å²) in [5.74, 6) is 1.24. The van der Waals surface area contributed by atoms with Crippen LogP contribution in [-0.2, 0) is 16.0 Å². The smallest absolute Gasteiger partial charge is 0.188 e. The molecule has 1 heterocycles. The summed E-state index contributed by atoms with van der Waals surface area (Å²) in [4.78, 5) is 4.32. The van der Waals surface area contributed by atoms with Crippen LogP contribution in [0.4, 0.5) is 0 Å². The molecule has 0 spiro atoms. The molecule has 7 nitrogen and oxygen atoms in total. The Balaban J connectivity index is 1.82. The minimum atomic E-state index is -0.517. The molecule has 1 aromatic rings. The van der Waals surface area contributed by atoms with Gasteiger partial charge in [-0.15, -0.1) is 0 Å². The highest BCUT2D eigenvalue weighted by Gasteiger charge is 2.30. The lowest BCUT2D eigenvalue weighted by molar-refractivity contribution is -0.145. The van der Waals surface area contributed by atoms with Gasteiger partial charge in [0.05, 0.1) is 34.0 Å². The van der Waals surface area contributed by atoms with Gasteiger partial charge < -0.3 is 30.0 Å². The van der Waals surface area contributed by atoms with Crippen molar-refractivity contribution in [3.05, 3.63) is 23.8 Å². The number of hydrogen-bond acceptors (Lipinski definition) is 5. The van der Waals surface area contributed by atoms with Gasteiger partial charge >= 0.3 is 0 Å². The van der Waals surface area contributed by atoms with Crippen LogP contribution in [-0.4, -0.2) is 45.7 Å². The summed E-state index contributed by atoms with van der Waals surface area (Å²) in [6, 6.07) is 5.67. The van der Waals surface area contributed by atoms with Gasteiger partial charge in [0, 0.05) is 13.0 Å². The lowest BCUT2D eigenvalue weighted by atomic mass is 10.2. The Morgan fingerprint density at radius 2 is 1.96 bits per heavy atom. The molecule has 0 amide bonds. The average Bonchev–Trinajstić information content (AvgIpc) is 2.99. The Hall–Kier alpha value is -1.99. The number of guanidine groups is 1. The highest BCUT2D eigenvalue weighted by molar-refractivity contribution is 5.77. The topological polar surface area (TPSA) is 87.3 Å². The molecule has 0 atom stereocenters. The van der Waals surface area contributed by atoms with Crippen molar-refractivity contribution in [3.63, 3.8) is 0 Å². The van der Waals surface area contributed by atoms with E-state index < -0.39 is 5.79 Å². The monoisotopic (exact) mass is 323 g/mol. The first-order valence-corrected chi connectivity index (χ1v) is 7.59. The van der Waals surface area contributed by atoms with Crippen LogP contribution in [0.1, 0.15) is 18.9 Å². The Morgan fingerprint density at radius 1 is 1.26 bits per heavy atom. The number of hydrogen-bond donors (Lipinski definition) is 2. The summed E-state index contributed by atoms with van der Waals surface area (Å²) < 4.78 is 21.5. The predicted octanol–water partition coefficient (Wildman–Crippen LogP) is 1.26. The number of methoxy groups -OCH3 is 2. The van der Waals surface area contributed by atoms with Crippen molar-refractivity contribution >= 4 is 5.96 Å². The summed E-state index contributed by atoms with van der Waals surface area (Å²) in [5.41, 5.74) is 6.87. The summed E-state index contributed by atoms with van der Waals surface area (Å²) in [7, 11) is 3.21. The molecule has 0 saturated carbocycles. The number of nitrogens with one attached hydrogen (secondary N) is 1. The Morgan fingerprint density at radius 3 is 2.61 bits per heavy atom. The third kappa shape index (κ3) is 5.01. The molecule has 3 N–H and O–H groups in total. The van der Waals surface area contributed by atoms with Crippen molar-refractivity contribution in [2.75, 3.05) is 34.0 Å². The lowest BCUT2D eigenvalue weighted by Gasteiger charge is -2.22. The number of rotatable bonds is 7. The highest BCUT2D eigenvalue weighted by Crippen LogP contribution is 2.27. The second kappa shape index (κ2) is 8.03. The van der Waals surface area contributed by atoms with Crippen LogP contribution in [0.25, 0.3) is 0 Å². The van der Waals surface area contributed by atoms with Crippen LogP contribution in [0.5, 0.6) is 11.5 Å². The van der Waals surface area contributed by atoms with E-state index in [0.29, 0.717) is 50.2 Å². The largest absolute Gasteiger partial charge is 0.493 e. The van der Waals surface area contributed by atoms with E-state index in [2.05, 4.69) is 10.3 Å².